The molecule has 0 saturated carbocycles. The van der Waals surface area contributed by atoms with E-state index >= 15 is 0 Å². The van der Waals surface area contributed by atoms with Crippen molar-refractivity contribution in [2.75, 3.05) is 26.2 Å². The summed E-state index contributed by atoms with van der Waals surface area (Å²) in [5, 5.41) is 3.30. The van der Waals surface area contributed by atoms with Crippen LogP contribution < -0.4 is 0 Å². The Morgan fingerprint density at radius 3 is 2.40 bits per heavy atom. The van der Waals surface area contributed by atoms with Crippen LogP contribution in [0.1, 0.15) is 13.8 Å². The van der Waals surface area contributed by atoms with Gasteiger partial charge in [0.25, 0.3) is 0 Å². The van der Waals surface area contributed by atoms with Crippen molar-refractivity contribution in [3.63, 3.8) is 0 Å². The van der Waals surface area contributed by atoms with Crippen molar-refractivity contribution >= 4 is 6.72 Å². The first-order chi connectivity index (χ1) is 4.85. The Morgan fingerprint density at radius 2 is 2.00 bits per heavy atom. The van der Waals surface area contributed by atoms with E-state index in [4.69, 9.17) is 4.84 Å². The van der Waals surface area contributed by atoms with Gasteiger partial charge in [0, 0.05) is 13.3 Å². The number of nitrogens with zero attached hydrogens (tertiary/aromatic N) is 2. The lowest BCUT2D eigenvalue weighted by Crippen LogP contribution is -2.26. The van der Waals surface area contributed by atoms with E-state index in [0.29, 0.717) is 6.61 Å². The molecule has 0 radical (unpaired) electrons. The summed E-state index contributed by atoms with van der Waals surface area (Å²) in [6, 6.07) is 0. The molecule has 0 heterocycles. The number of rotatable bonds is 6. The Hall–Kier alpha value is -0.570. The van der Waals surface area contributed by atoms with E-state index < -0.39 is 0 Å². The molecule has 0 atom stereocenters. The highest BCUT2D eigenvalue weighted by Gasteiger charge is 1.96. The first kappa shape index (κ1) is 9.43. The normalized spacial score (nSPS) is 9.90. The Balaban J connectivity index is 3.16. The molecule has 0 amide bonds. The fourth-order valence-electron chi connectivity index (χ4n) is 0.774. The second-order valence-corrected chi connectivity index (χ2v) is 1.99. The summed E-state index contributed by atoms with van der Waals surface area (Å²) in [6.07, 6.45) is 0. The van der Waals surface area contributed by atoms with E-state index in [1.807, 2.05) is 0 Å². The third-order valence-corrected chi connectivity index (χ3v) is 1.48. The van der Waals surface area contributed by atoms with E-state index in [-0.39, 0.29) is 0 Å². The van der Waals surface area contributed by atoms with Gasteiger partial charge in [-0.25, -0.2) is 0 Å². The quantitative estimate of drug-likeness (QED) is 0.315. The Labute approximate surface area is 62.7 Å². The Bertz CT molecular complexity index is 81.7. The lowest BCUT2D eigenvalue weighted by molar-refractivity contribution is 0.116. The molecule has 0 aromatic rings. The summed E-state index contributed by atoms with van der Waals surface area (Å²) in [6.45, 7) is 11.2. The van der Waals surface area contributed by atoms with Crippen LogP contribution in [-0.4, -0.2) is 37.9 Å². The van der Waals surface area contributed by atoms with Gasteiger partial charge in [-0.2, -0.15) is 0 Å². The van der Waals surface area contributed by atoms with Crippen molar-refractivity contribution in [1.29, 1.82) is 0 Å². The van der Waals surface area contributed by atoms with Crippen LogP contribution in [0.15, 0.2) is 5.16 Å². The highest BCUT2D eigenvalue weighted by molar-refractivity contribution is 5.21. The predicted octanol–water partition coefficient (Wildman–Crippen LogP) is 0.960. The molecule has 0 bridgehead atoms. The number of oxime groups is 1. The third-order valence-electron chi connectivity index (χ3n) is 1.48. The zero-order valence-electron chi connectivity index (χ0n) is 6.84. The number of hydrogen-bond acceptors (Lipinski definition) is 3. The SMILES string of the molecule is C=NOCCN(CC)CC. The first-order valence-corrected chi connectivity index (χ1v) is 3.65. The van der Waals surface area contributed by atoms with Crippen LogP contribution in [0.3, 0.4) is 0 Å². The fourth-order valence-corrected chi connectivity index (χ4v) is 0.774. The van der Waals surface area contributed by atoms with Crippen molar-refractivity contribution in [2.24, 2.45) is 5.16 Å². The topological polar surface area (TPSA) is 24.8 Å². The zero-order chi connectivity index (χ0) is 7.82. The molecule has 0 N–H and O–H groups in total. The largest absolute Gasteiger partial charge is 0.395 e. The molecule has 0 aromatic carbocycles. The van der Waals surface area contributed by atoms with Gasteiger partial charge in [0.15, 0.2) is 0 Å². The lowest BCUT2D eigenvalue weighted by atomic mass is 10.5. The van der Waals surface area contributed by atoms with Crippen molar-refractivity contribution in [3.05, 3.63) is 0 Å². The molecule has 10 heavy (non-hydrogen) atoms. The van der Waals surface area contributed by atoms with Crippen molar-refractivity contribution in [3.8, 4) is 0 Å². The van der Waals surface area contributed by atoms with Gasteiger partial charge in [-0.15, -0.1) is 5.16 Å². The van der Waals surface area contributed by atoms with Gasteiger partial charge < -0.3 is 9.74 Å². The summed E-state index contributed by atoms with van der Waals surface area (Å²) in [5.74, 6) is 0. The molecule has 0 aliphatic rings. The smallest absolute Gasteiger partial charge is 0.129 e. The monoisotopic (exact) mass is 144 g/mol. The van der Waals surface area contributed by atoms with Gasteiger partial charge in [0.1, 0.15) is 6.61 Å². The summed E-state index contributed by atoms with van der Waals surface area (Å²) < 4.78 is 0. The van der Waals surface area contributed by atoms with Crippen molar-refractivity contribution in [1.82, 2.24) is 4.90 Å². The standard InChI is InChI=1S/C7H16N2O/c1-4-9(5-2)6-7-10-8-3/h3-7H2,1-2H3. The summed E-state index contributed by atoms with van der Waals surface area (Å²) in [4.78, 5) is 7.01. The molecule has 0 fully saturated rings. The van der Waals surface area contributed by atoms with E-state index in [0.717, 1.165) is 19.6 Å². The highest BCUT2D eigenvalue weighted by atomic mass is 16.6. The zero-order valence-corrected chi connectivity index (χ0v) is 6.84. The van der Waals surface area contributed by atoms with Gasteiger partial charge in [-0.3, -0.25) is 0 Å². The maximum Gasteiger partial charge on any atom is 0.129 e. The minimum Gasteiger partial charge on any atom is -0.395 e. The molecule has 0 aliphatic heterocycles. The van der Waals surface area contributed by atoms with Crippen LogP contribution in [0.4, 0.5) is 0 Å². The fraction of sp³-hybridized carbons (Fsp3) is 0.857. The van der Waals surface area contributed by atoms with E-state index in [1.54, 1.807) is 0 Å². The van der Waals surface area contributed by atoms with Crippen LogP contribution in [0.2, 0.25) is 0 Å². The minimum atomic E-state index is 0.644. The van der Waals surface area contributed by atoms with Gasteiger partial charge in [-0.1, -0.05) is 13.8 Å². The van der Waals surface area contributed by atoms with Gasteiger partial charge >= 0.3 is 0 Å². The Morgan fingerprint density at radius 1 is 1.40 bits per heavy atom. The molecule has 0 aromatic heterocycles. The molecule has 0 aliphatic carbocycles. The molecular formula is C7H16N2O. The average Bonchev–Trinajstić information content (AvgIpc) is 1.99. The van der Waals surface area contributed by atoms with Crippen LogP contribution in [-0.2, 0) is 4.84 Å². The van der Waals surface area contributed by atoms with Crippen LogP contribution in [0.25, 0.3) is 0 Å². The molecule has 60 valence electrons. The molecule has 0 spiro atoms. The molecule has 3 nitrogen and oxygen atoms in total. The highest BCUT2D eigenvalue weighted by Crippen LogP contribution is 1.86. The van der Waals surface area contributed by atoms with Gasteiger partial charge in [0.05, 0.1) is 0 Å². The van der Waals surface area contributed by atoms with Crippen LogP contribution in [0.5, 0.6) is 0 Å². The summed E-state index contributed by atoms with van der Waals surface area (Å²) >= 11 is 0. The van der Waals surface area contributed by atoms with E-state index in [9.17, 15) is 0 Å². The first-order valence-electron chi connectivity index (χ1n) is 3.65. The minimum absolute atomic E-state index is 0.644. The van der Waals surface area contributed by atoms with E-state index in [2.05, 4.69) is 30.6 Å². The summed E-state index contributed by atoms with van der Waals surface area (Å²) in [7, 11) is 0. The van der Waals surface area contributed by atoms with Gasteiger partial charge in [-0.05, 0) is 13.1 Å². The molecule has 3 heteroatoms. The molecular weight excluding hydrogens is 128 g/mol. The predicted molar refractivity (Wildman–Crippen MR) is 43.3 cm³/mol. The third kappa shape index (κ3) is 4.32. The van der Waals surface area contributed by atoms with Crippen LogP contribution >= 0.6 is 0 Å². The van der Waals surface area contributed by atoms with Gasteiger partial charge in [0.2, 0.25) is 0 Å². The van der Waals surface area contributed by atoms with Crippen LogP contribution in [0, 0.1) is 0 Å². The van der Waals surface area contributed by atoms with E-state index in [1.165, 1.54) is 0 Å². The molecule has 0 saturated heterocycles. The summed E-state index contributed by atoms with van der Waals surface area (Å²) in [5.41, 5.74) is 0. The number of likely N-dealkylation sites (N-methyl/N-ethyl adjacent to an activating group) is 1. The number of hydrogen-bond donors (Lipinski definition) is 0. The maximum absolute atomic E-state index is 4.74. The average molecular weight is 144 g/mol. The Kier molecular flexibility index (Phi) is 6.18. The molecule has 0 rings (SSSR count). The van der Waals surface area contributed by atoms with Crippen molar-refractivity contribution in [2.45, 2.75) is 13.8 Å². The second kappa shape index (κ2) is 6.55. The lowest BCUT2D eigenvalue weighted by Gasteiger charge is -2.16. The molecule has 0 unspecified atom stereocenters. The second-order valence-electron chi connectivity index (χ2n) is 1.99. The van der Waals surface area contributed by atoms with Crippen molar-refractivity contribution < 1.29 is 4.84 Å². The maximum atomic E-state index is 4.74.